The standard InChI is InChI=1S/C16H31N3O/c1-18(15-8-7-10-17-11-9-15)14-16(20)19-12-5-3-2-4-6-13-19/h15,17H,2-14H2,1H3. The molecular weight excluding hydrogens is 250 g/mol. The molecule has 1 amide bonds. The van der Waals surface area contributed by atoms with Crippen LogP contribution in [0, 0.1) is 0 Å². The lowest BCUT2D eigenvalue weighted by Crippen LogP contribution is -2.44. The number of nitrogens with one attached hydrogen (secondary N) is 1. The second kappa shape index (κ2) is 8.63. The van der Waals surface area contributed by atoms with Gasteiger partial charge in [0.1, 0.15) is 0 Å². The van der Waals surface area contributed by atoms with Crippen molar-refractivity contribution in [3.63, 3.8) is 0 Å². The monoisotopic (exact) mass is 281 g/mol. The van der Waals surface area contributed by atoms with Crippen molar-refractivity contribution in [3.8, 4) is 0 Å². The molecule has 0 bridgehead atoms. The fourth-order valence-electron chi connectivity index (χ4n) is 3.38. The Labute approximate surface area is 123 Å². The van der Waals surface area contributed by atoms with Crippen LogP contribution in [0.5, 0.6) is 0 Å². The summed E-state index contributed by atoms with van der Waals surface area (Å²) in [5.74, 6) is 0.339. The summed E-state index contributed by atoms with van der Waals surface area (Å²) in [4.78, 5) is 16.9. The highest BCUT2D eigenvalue weighted by molar-refractivity contribution is 5.78. The molecule has 2 saturated heterocycles. The molecule has 2 aliphatic heterocycles. The van der Waals surface area contributed by atoms with Crippen molar-refractivity contribution in [3.05, 3.63) is 0 Å². The molecule has 2 aliphatic rings. The second-order valence-electron chi connectivity index (χ2n) is 6.40. The van der Waals surface area contributed by atoms with Crippen LogP contribution in [0.1, 0.15) is 51.4 Å². The molecule has 116 valence electrons. The Morgan fingerprint density at radius 1 is 1.05 bits per heavy atom. The molecule has 0 spiro atoms. The van der Waals surface area contributed by atoms with Crippen molar-refractivity contribution in [2.24, 2.45) is 0 Å². The maximum atomic E-state index is 12.5. The minimum Gasteiger partial charge on any atom is -0.342 e. The Morgan fingerprint density at radius 3 is 2.50 bits per heavy atom. The lowest BCUT2D eigenvalue weighted by atomic mass is 10.1. The van der Waals surface area contributed by atoms with E-state index in [1.165, 1.54) is 51.4 Å². The number of amides is 1. The highest BCUT2D eigenvalue weighted by Crippen LogP contribution is 2.14. The van der Waals surface area contributed by atoms with E-state index in [2.05, 4.69) is 22.2 Å². The molecule has 0 aliphatic carbocycles. The molecule has 2 heterocycles. The van der Waals surface area contributed by atoms with Crippen LogP contribution < -0.4 is 5.32 Å². The molecule has 0 aromatic heterocycles. The maximum absolute atomic E-state index is 12.5. The molecule has 4 heteroatoms. The van der Waals surface area contributed by atoms with E-state index in [1.54, 1.807) is 0 Å². The van der Waals surface area contributed by atoms with Crippen LogP contribution in [0.4, 0.5) is 0 Å². The number of likely N-dealkylation sites (tertiary alicyclic amines) is 1. The minimum absolute atomic E-state index is 0.339. The molecule has 0 radical (unpaired) electrons. The third kappa shape index (κ3) is 5.06. The number of hydrogen-bond donors (Lipinski definition) is 1. The molecular formula is C16H31N3O. The molecule has 1 N–H and O–H groups in total. The second-order valence-corrected chi connectivity index (χ2v) is 6.40. The number of rotatable bonds is 3. The van der Waals surface area contributed by atoms with Gasteiger partial charge in [-0.2, -0.15) is 0 Å². The molecule has 0 aromatic carbocycles. The number of likely N-dealkylation sites (N-methyl/N-ethyl adjacent to an activating group) is 1. The Kier molecular flexibility index (Phi) is 6.80. The Bertz CT molecular complexity index is 279. The van der Waals surface area contributed by atoms with Gasteiger partial charge in [-0.25, -0.2) is 0 Å². The number of carbonyl (C=O) groups excluding carboxylic acids is 1. The quantitative estimate of drug-likeness (QED) is 0.857. The molecule has 4 nitrogen and oxygen atoms in total. The smallest absolute Gasteiger partial charge is 0.236 e. The van der Waals surface area contributed by atoms with E-state index in [0.29, 0.717) is 18.5 Å². The summed E-state index contributed by atoms with van der Waals surface area (Å²) in [5.41, 5.74) is 0. The van der Waals surface area contributed by atoms with Crippen molar-refractivity contribution >= 4 is 5.91 Å². The highest BCUT2D eigenvalue weighted by atomic mass is 16.2. The first-order chi connectivity index (χ1) is 9.77. The molecule has 0 saturated carbocycles. The molecule has 0 aromatic rings. The first kappa shape index (κ1) is 15.8. The van der Waals surface area contributed by atoms with E-state index in [0.717, 1.165) is 26.2 Å². The average molecular weight is 281 g/mol. The number of carbonyl (C=O) groups is 1. The maximum Gasteiger partial charge on any atom is 0.236 e. The van der Waals surface area contributed by atoms with Gasteiger partial charge in [-0.15, -0.1) is 0 Å². The van der Waals surface area contributed by atoms with Gasteiger partial charge in [-0.3, -0.25) is 9.69 Å². The van der Waals surface area contributed by atoms with Gasteiger partial charge >= 0.3 is 0 Å². The topological polar surface area (TPSA) is 35.6 Å². The van der Waals surface area contributed by atoms with Gasteiger partial charge in [0.2, 0.25) is 5.91 Å². The van der Waals surface area contributed by atoms with E-state index in [9.17, 15) is 4.79 Å². The van der Waals surface area contributed by atoms with Gasteiger partial charge in [0.15, 0.2) is 0 Å². The summed E-state index contributed by atoms with van der Waals surface area (Å²) in [6.07, 6.45) is 9.90. The number of nitrogens with zero attached hydrogens (tertiary/aromatic N) is 2. The fourth-order valence-corrected chi connectivity index (χ4v) is 3.38. The first-order valence-electron chi connectivity index (χ1n) is 8.46. The van der Waals surface area contributed by atoms with E-state index < -0.39 is 0 Å². The van der Waals surface area contributed by atoms with Crippen LogP contribution in [0.2, 0.25) is 0 Å². The van der Waals surface area contributed by atoms with Crippen LogP contribution in [0.15, 0.2) is 0 Å². The first-order valence-corrected chi connectivity index (χ1v) is 8.46. The third-order valence-corrected chi connectivity index (χ3v) is 4.76. The van der Waals surface area contributed by atoms with Crippen LogP contribution in [-0.2, 0) is 4.79 Å². The zero-order valence-electron chi connectivity index (χ0n) is 13.1. The molecule has 20 heavy (non-hydrogen) atoms. The third-order valence-electron chi connectivity index (χ3n) is 4.76. The fraction of sp³-hybridized carbons (Fsp3) is 0.938. The van der Waals surface area contributed by atoms with Crippen molar-refractivity contribution in [1.82, 2.24) is 15.1 Å². The average Bonchev–Trinajstić information content (AvgIpc) is 2.66. The molecule has 1 atom stereocenters. The lowest BCUT2D eigenvalue weighted by Gasteiger charge is -2.30. The van der Waals surface area contributed by atoms with Crippen molar-refractivity contribution < 1.29 is 4.79 Å². The van der Waals surface area contributed by atoms with E-state index >= 15 is 0 Å². The van der Waals surface area contributed by atoms with Crippen LogP contribution >= 0.6 is 0 Å². The van der Waals surface area contributed by atoms with Gasteiger partial charge in [0.05, 0.1) is 6.54 Å². The van der Waals surface area contributed by atoms with Crippen molar-refractivity contribution in [1.29, 1.82) is 0 Å². The van der Waals surface area contributed by atoms with Gasteiger partial charge in [-0.05, 0) is 52.2 Å². The summed E-state index contributed by atoms with van der Waals surface area (Å²) in [5, 5.41) is 3.44. The Balaban J connectivity index is 1.79. The van der Waals surface area contributed by atoms with Crippen LogP contribution in [-0.4, -0.2) is 61.5 Å². The van der Waals surface area contributed by atoms with Crippen LogP contribution in [0.3, 0.4) is 0 Å². The minimum atomic E-state index is 0.339. The SMILES string of the molecule is CN(CC(=O)N1CCCCCCC1)C1CCCNCC1. The summed E-state index contributed by atoms with van der Waals surface area (Å²) < 4.78 is 0. The highest BCUT2D eigenvalue weighted by Gasteiger charge is 2.21. The Hall–Kier alpha value is -0.610. The van der Waals surface area contributed by atoms with Crippen molar-refractivity contribution in [2.45, 2.75) is 57.4 Å². The Morgan fingerprint density at radius 2 is 1.75 bits per heavy atom. The summed E-state index contributed by atoms with van der Waals surface area (Å²) in [6, 6.07) is 0.573. The van der Waals surface area contributed by atoms with Gasteiger partial charge < -0.3 is 10.2 Å². The van der Waals surface area contributed by atoms with Gasteiger partial charge in [0.25, 0.3) is 0 Å². The molecule has 1 unspecified atom stereocenters. The lowest BCUT2D eigenvalue weighted by molar-refractivity contribution is -0.133. The van der Waals surface area contributed by atoms with E-state index in [-0.39, 0.29) is 0 Å². The van der Waals surface area contributed by atoms with E-state index in [1.807, 2.05) is 0 Å². The van der Waals surface area contributed by atoms with Crippen LogP contribution in [0.25, 0.3) is 0 Å². The zero-order valence-corrected chi connectivity index (χ0v) is 13.1. The summed E-state index contributed by atoms with van der Waals surface area (Å²) >= 11 is 0. The van der Waals surface area contributed by atoms with Gasteiger partial charge in [-0.1, -0.05) is 19.3 Å². The van der Waals surface area contributed by atoms with Crippen molar-refractivity contribution in [2.75, 3.05) is 39.8 Å². The van der Waals surface area contributed by atoms with Gasteiger partial charge in [0, 0.05) is 19.1 Å². The molecule has 2 rings (SSSR count). The van der Waals surface area contributed by atoms with E-state index in [4.69, 9.17) is 0 Å². The summed E-state index contributed by atoms with van der Waals surface area (Å²) in [7, 11) is 2.12. The number of hydrogen-bond acceptors (Lipinski definition) is 3. The summed E-state index contributed by atoms with van der Waals surface area (Å²) in [6.45, 7) is 4.76. The zero-order chi connectivity index (χ0) is 14.2. The predicted octanol–water partition coefficient (Wildman–Crippen LogP) is 1.85. The normalized spacial score (nSPS) is 25.9. The predicted molar refractivity (Wildman–Crippen MR) is 82.8 cm³/mol. The largest absolute Gasteiger partial charge is 0.342 e. The molecule has 2 fully saturated rings.